The molecule has 0 atom stereocenters. The molecule has 0 unspecified atom stereocenters. The average molecular weight is 234 g/mol. The van der Waals surface area contributed by atoms with E-state index in [0.29, 0.717) is 0 Å². The van der Waals surface area contributed by atoms with Crippen LogP contribution in [0.1, 0.15) is 70.7 Å². The first-order chi connectivity index (χ1) is 8.06. The van der Waals surface area contributed by atoms with E-state index in [-0.39, 0.29) is 5.41 Å². The Kier molecular flexibility index (Phi) is 5.60. The molecule has 96 valence electrons. The summed E-state index contributed by atoms with van der Waals surface area (Å²) in [5.41, 5.74) is 2.28. The maximum Gasteiger partial charge on any atom is 0.0643 e. The highest BCUT2D eigenvalue weighted by atomic mass is 14.8. The van der Waals surface area contributed by atoms with Gasteiger partial charge in [-0.1, -0.05) is 52.9 Å². The summed E-state index contributed by atoms with van der Waals surface area (Å²) in [5, 5.41) is 0. The molecular formula is C15H26N2. The van der Waals surface area contributed by atoms with Gasteiger partial charge < -0.3 is 0 Å². The lowest BCUT2D eigenvalue weighted by Crippen LogP contribution is -2.19. The number of aryl methyl sites for hydroxylation is 1. The van der Waals surface area contributed by atoms with Gasteiger partial charge in [-0.25, -0.2) is 0 Å². The van der Waals surface area contributed by atoms with E-state index < -0.39 is 0 Å². The van der Waals surface area contributed by atoms with Crippen molar-refractivity contribution >= 4 is 0 Å². The highest BCUT2D eigenvalue weighted by Gasteiger charge is 2.21. The van der Waals surface area contributed by atoms with Crippen molar-refractivity contribution in [3.8, 4) is 0 Å². The number of hydrogen-bond donors (Lipinski definition) is 0. The van der Waals surface area contributed by atoms with Gasteiger partial charge in [0.25, 0.3) is 0 Å². The number of nitrogens with zero attached hydrogens (tertiary/aromatic N) is 2. The summed E-state index contributed by atoms with van der Waals surface area (Å²) in [7, 11) is 0. The molecule has 1 rings (SSSR count). The van der Waals surface area contributed by atoms with Crippen molar-refractivity contribution in [1.29, 1.82) is 0 Å². The van der Waals surface area contributed by atoms with Crippen molar-refractivity contribution in [2.24, 2.45) is 0 Å². The van der Waals surface area contributed by atoms with E-state index in [1.165, 1.54) is 38.5 Å². The topological polar surface area (TPSA) is 25.8 Å². The first kappa shape index (κ1) is 14.1. The lowest BCUT2D eigenvalue weighted by atomic mass is 9.83. The fourth-order valence-corrected chi connectivity index (χ4v) is 2.04. The summed E-state index contributed by atoms with van der Waals surface area (Å²) in [5.74, 6) is 0. The second-order valence-electron chi connectivity index (χ2n) is 5.59. The molecule has 2 nitrogen and oxygen atoms in total. The smallest absolute Gasteiger partial charge is 0.0643 e. The van der Waals surface area contributed by atoms with Crippen LogP contribution < -0.4 is 0 Å². The molecule has 0 aromatic carbocycles. The van der Waals surface area contributed by atoms with Gasteiger partial charge in [0.1, 0.15) is 0 Å². The third-order valence-electron chi connectivity index (χ3n) is 3.38. The Bertz CT molecular complexity index is 314. The fourth-order valence-electron chi connectivity index (χ4n) is 2.04. The fraction of sp³-hybridized carbons (Fsp3) is 0.733. The molecule has 0 aliphatic carbocycles. The summed E-state index contributed by atoms with van der Waals surface area (Å²) in [6.45, 7) is 8.78. The van der Waals surface area contributed by atoms with Crippen LogP contribution in [-0.4, -0.2) is 9.97 Å². The Labute approximate surface area is 106 Å². The molecule has 0 bridgehead atoms. The summed E-state index contributed by atoms with van der Waals surface area (Å²) in [6, 6.07) is 0. The third kappa shape index (κ3) is 4.84. The van der Waals surface area contributed by atoms with Gasteiger partial charge in [0.2, 0.25) is 0 Å². The van der Waals surface area contributed by atoms with Crippen LogP contribution in [0.3, 0.4) is 0 Å². The van der Waals surface area contributed by atoms with E-state index in [1.54, 1.807) is 0 Å². The SMILES string of the molecule is CCCCCCCC(C)(C)c1cnc(C)cn1. The minimum atomic E-state index is 0.160. The van der Waals surface area contributed by atoms with Gasteiger partial charge in [-0.2, -0.15) is 0 Å². The van der Waals surface area contributed by atoms with Crippen molar-refractivity contribution in [3.63, 3.8) is 0 Å². The van der Waals surface area contributed by atoms with E-state index in [2.05, 4.69) is 30.7 Å². The van der Waals surface area contributed by atoms with Crippen molar-refractivity contribution < 1.29 is 0 Å². The van der Waals surface area contributed by atoms with E-state index in [9.17, 15) is 0 Å². The summed E-state index contributed by atoms with van der Waals surface area (Å²) < 4.78 is 0. The Morgan fingerprint density at radius 3 is 2.29 bits per heavy atom. The van der Waals surface area contributed by atoms with Crippen LogP contribution in [0, 0.1) is 6.92 Å². The number of rotatable bonds is 7. The van der Waals surface area contributed by atoms with Crippen molar-refractivity contribution in [1.82, 2.24) is 9.97 Å². The molecule has 0 spiro atoms. The van der Waals surface area contributed by atoms with Gasteiger partial charge in [0.15, 0.2) is 0 Å². The Balaban J connectivity index is 2.42. The van der Waals surface area contributed by atoms with Crippen molar-refractivity contribution in [3.05, 3.63) is 23.8 Å². The Morgan fingerprint density at radius 2 is 1.71 bits per heavy atom. The van der Waals surface area contributed by atoms with E-state index >= 15 is 0 Å². The van der Waals surface area contributed by atoms with Gasteiger partial charge in [-0.15, -0.1) is 0 Å². The zero-order valence-electron chi connectivity index (χ0n) is 11.8. The zero-order valence-corrected chi connectivity index (χ0v) is 11.8. The number of unbranched alkanes of at least 4 members (excludes halogenated alkanes) is 4. The van der Waals surface area contributed by atoms with E-state index in [0.717, 1.165) is 11.4 Å². The first-order valence-electron chi connectivity index (χ1n) is 6.85. The highest BCUT2D eigenvalue weighted by molar-refractivity contribution is 5.11. The molecule has 1 heterocycles. The molecule has 2 heteroatoms. The van der Waals surface area contributed by atoms with Crippen LogP contribution in [0.5, 0.6) is 0 Å². The molecular weight excluding hydrogens is 208 g/mol. The maximum absolute atomic E-state index is 4.50. The summed E-state index contributed by atoms with van der Waals surface area (Å²) in [6.07, 6.45) is 11.7. The van der Waals surface area contributed by atoms with Crippen LogP contribution in [0.2, 0.25) is 0 Å². The average Bonchev–Trinajstić information content (AvgIpc) is 2.29. The number of aromatic nitrogens is 2. The van der Waals surface area contributed by atoms with Crippen LogP contribution in [0.25, 0.3) is 0 Å². The molecule has 0 saturated carbocycles. The maximum atomic E-state index is 4.50. The molecule has 1 aromatic rings. The lowest BCUT2D eigenvalue weighted by Gasteiger charge is -2.23. The summed E-state index contributed by atoms with van der Waals surface area (Å²) >= 11 is 0. The molecule has 0 amide bonds. The predicted octanol–water partition coefficient (Wildman–Crippen LogP) is 4.42. The number of hydrogen-bond acceptors (Lipinski definition) is 2. The molecule has 0 N–H and O–H groups in total. The highest BCUT2D eigenvalue weighted by Crippen LogP contribution is 2.27. The van der Waals surface area contributed by atoms with Crippen LogP contribution in [0.4, 0.5) is 0 Å². The van der Waals surface area contributed by atoms with Crippen molar-refractivity contribution in [2.45, 2.75) is 71.6 Å². The van der Waals surface area contributed by atoms with Crippen LogP contribution in [0.15, 0.2) is 12.4 Å². The third-order valence-corrected chi connectivity index (χ3v) is 3.38. The van der Waals surface area contributed by atoms with Gasteiger partial charge in [0, 0.05) is 17.8 Å². The molecule has 1 aromatic heterocycles. The second-order valence-corrected chi connectivity index (χ2v) is 5.59. The zero-order chi connectivity index (χ0) is 12.7. The van der Waals surface area contributed by atoms with Crippen molar-refractivity contribution in [2.75, 3.05) is 0 Å². The summed E-state index contributed by atoms with van der Waals surface area (Å²) in [4.78, 5) is 8.84. The normalized spacial score (nSPS) is 11.8. The van der Waals surface area contributed by atoms with Gasteiger partial charge in [0.05, 0.1) is 11.4 Å². The van der Waals surface area contributed by atoms with E-state index in [4.69, 9.17) is 0 Å². The molecule has 17 heavy (non-hydrogen) atoms. The molecule has 0 aliphatic rings. The molecule has 0 aliphatic heterocycles. The standard InChI is InChI=1S/C15H26N2/c1-5-6-7-8-9-10-15(3,4)14-12-16-13(2)11-17-14/h11-12H,5-10H2,1-4H3. The van der Waals surface area contributed by atoms with Crippen LogP contribution >= 0.6 is 0 Å². The van der Waals surface area contributed by atoms with Gasteiger partial charge in [-0.3, -0.25) is 9.97 Å². The minimum Gasteiger partial charge on any atom is -0.258 e. The van der Waals surface area contributed by atoms with Crippen LogP contribution in [-0.2, 0) is 5.41 Å². The lowest BCUT2D eigenvalue weighted by molar-refractivity contribution is 0.431. The first-order valence-corrected chi connectivity index (χ1v) is 6.85. The van der Waals surface area contributed by atoms with Gasteiger partial charge in [-0.05, 0) is 13.3 Å². The quantitative estimate of drug-likeness (QED) is 0.652. The second kappa shape index (κ2) is 6.73. The largest absolute Gasteiger partial charge is 0.258 e. The Morgan fingerprint density at radius 1 is 1.00 bits per heavy atom. The van der Waals surface area contributed by atoms with E-state index in [1.807, 2.05) is 19.3 Å². The molecule has 0 saturated heterocycles. The molecule has 0 radical (unpaired) electrons. The minimum absolute atomic E-state index is 0.160. The monoisotopic (exact) mass is 234 g/mol. The molecule has 0 fully saturated rings. The Hall–Kier alpha value is -0.920. The predicted molar refractivity (Wildman–Crippen MR) is 73.2 cm³/mol. The van der Waals surface area contributed by atoms with Gasteiger partial charge >= 0.3 is 0 Å².